The number of amides is 1. The number of hydrogen-bond acceptors (Lipinski definition) is 6. The van der Waals surface area contributed by atoms with Gasteiger partial charge in [0.2, 0.25) is 5.78 Å². The number of aromatic nitrogens is 1. The van der Waals surface area contributed by atoms with Crippen LogP contribution in [0.2, 0.25) is 0 Å². The molecule has 0 saturated heterocycles. The molecule has 7 nitrogen and oxygen atoms in total. The smallest absolute Gasteiger partial charge is 0.264 e. The van der Waals surface area contributed by atoms with E-state index in [-0.39, 0.29) is 24.1 Å². The Bertz CT molecular complexity index is 1810. The third kappa shape index (κ3) is 3.52. The van der Waals surface area contributed by atoms with Crippen molar-refractivity contribution in [3.05, 3.63) is 94.3 Å². The van der Waals surface area contributed by atoms with E-state index < -0.39 is 0 Å². The zero-order valence-electron chi connectivity index (χ0n) is 20.2. The fraction of sp³-hybridized carbons (Fsp3) is 0.100. The number of para-hydroxylation sites is 1. The van der Waals surface area contributed by atoms with Crippen LogP contribution in [-0.4, -0.2) is 30.3 Å². The Morgan fingerprint density at radius 2 is 1.82 bits per heavy atom. The summed E-state index contributed by atoms with van der Waals surface area (Å²) in [6, 6.07) is 20.5. The van der Waals surface area contributed by atoms with E-state index in [4.69, 9.17) is 18.9 Å². The van der Waals surface area contributed by atoms with Crippen LogP contribution in [0, 0.1) is 0 Å². The lowest BCUT2D eigenvalue weighted by molar-refractivity contribution is -0.120. The molecule has 2 aliphatic rings. The van der Waals surface area contributed by atoms with Gasteiger partial charge in [0.1, 0.15) is 23.7 Å². The normalized spacial score (nSPS) is 13.8. The third-order valence-corrected chi connectivity index (χ3v) is 7.44. The van der Waals surface area contributed by atoms with Gasteiger partial charge in [0, 0.05) is 50.9 Å². The van der Waals surface area contributed by atoms with Crippen LogP contribution in [0.3, 0.4) is 0 Å². The molecular weight excluding hydrogens is 548 g/mol. The first-order valence-electron chi connectivity index (χ1n) is 12.0. The number of ether oxygens (including phenoxy) is 2. The summed E-state index contributed by atoms with van der Waals surface area (Å²) in [6.45, 7) is 0.347. The van der Waals surface area contributed by atoms with Crippen LogP contribution >= 0.6 is 15.9 Å². The molecule has 38 heavy (non-hydrogen) atoms. The van der Waals surface area contributed by atoms with E-state index in [1.165, 1.54) is 4.90 Å². The molecule has 0 atom stereocenters. The minimum Gasteiger partial charge on any atom is -0.488 e. The van der Waals surface area contributed by atoms with Crippen LogP contribution in [0.15, 0.2) is 81.8 Å². The number of carbonyl (C=O) groups excluding carboxylic acids is 2. The van der Waals surface area contributed by atoms with E-state index in [0.29, 0.717) is 34.8 Å². The molecule has 7 rings (SSSR count). The lowest BCUT2D eigenvalue weighted by atomic mass is 9.95. The Kier molecular flexibility index (Phi) is 5.13. The highest BCUT2D eigenvalue weighted by atomic mass is 79.9. The molecule has 1 amide bonds. The first-order valence-corrected chi connectivity index (χ1v) is 12.8. The summed E-state index contributed by atoms with van der Waals surface area (Å²) in [7, 11) is 1.67. The third-order valence-electron chi connectivity index (χ3n) is 6.94. The summed E-state index contributed by atoms with van der Waals surface area (Å²) in [5.41, 5.74) is 5.63. The number of likely N-dealkylation sites (N-methyl/N-ethyl adjacent to an activating group) is 1. The summed E-state index contributed by atoms with van der Waals surface area (Å²) in [4.78, 5) is 32.4. The number of rotatable bonds is 3. The zero-order chi connectivity index (χ0) is 26.0. The molecule has 2 aromatic heterocycles. The van der Waals surface area contributed by atoms with E-state index in [1.54, 1.807) is 31.4 Å². The Morgan fingerprint density at radius 3 is 2.71 bits per heavy atom. The van der Waals surface area contributed by atoms with E-state index in [2.05, 4.69) is 15.9 Å². The van der Waals surface area contributed by atoms with Gasteiger partial charge in [-0.05, 0) is 54.6 Å². The van der Waals surface area contributed by atoms with Gasteiger partial charge in [0.25, 0.3) is 5.91 Å². The molecule has 0 saturated carbocycles. The summed E-state index contributed by atoms with van der Waals surface area (Å²) < 4.78 is 18.5. The van der Waals surface area contributed by atoms with Gasteiger partial charge in [0.05, 0.1) is 11.4 Å². The molecule has 0 fully saturated rings. The van der Waals surface area contributed by atoms with Gasteiger partial charge in [-0.25, -0.2) is 0 Å². The topological polar surface area (TPSA) is 81.9 Å². The molecule has 0 spiro atoms. The molecule has 0 radical (unpaired) electrons. The van der Waals surface area contributed by atoms with Crippen LogP contribution in [0.5, 0.6) is 11.5 Å². The number of hydrogen-bond donors (Lipinski definition) is 0. The first-order chi connectivity index (χ1) is 18.5. The maximum Gasteiger partial charge on any atom is 0.264 e. The molecule has 3 aromatic carbocycles. The highest BCUT2D eigenvalue weighted by Gasteiger charge is 2.28. The highest BCUT2D eigenvalue weighted by Crippen LogP contribution is 2.42. The van der Waals surface area contributed by atoms with Gasteiger partial charge in [0.15, 0.2) is 12.4 Å². The van der Waals surface area contributed by atoms with E-state index in [9.17, 15) is 9.59 Å². The largest absolute Gasteiger partial charge is 0.488 e. The van der Waals surface area contributed by atoms with Gasteiger partial charge < -0.3 is 18.8 Å². The molecule has 4 heterocycles. The van der Waals surface area contributed by atoms with Crippen LogP contribution in [-0.2, 0) is 11.4 Å². The number of anilines is 1. The Hall–Kier alpha value is -4.43. The molecule has 186 valence electrons. The molecule has 2 aliphatic heterocycles. The first kappa shape index (κ1) is 22.7. The highest BCUT2D eigenvalue weighted by molar-refractivity contribution is 9.10. The maximum absolute atomic E-state index is 13.9. The number of furan rings is 1. The van der Waals surface area contributed by atoms with Crippen molar-refractivity contribution in [1.82, 2.24) is 4.98 Å². The van der Waals surface area contributed by atoms with Gasteiger partial charge in [-0.3, -0.25) is 14.6 Å². The molecule has 0 N–H and O–H groups in total. The van der Waals surface area contributed by atoms with Crippen molar-refractivity contribution >= 4 is 44.3 Å². The van der Waals surface area contributed by atoms with Crippen molar-refractivity contribution in [2.24, 2.45) is 0 Å². The van der Waals surface area contributed by atoms with Gasteiger partial charge in [-0.2, -0.15) is 0 Å². The van der Waals surface area contributed by atoms with Crippen LogP contribution < -0.4 is 14.4 Å². The summed E-state index contributed by atoms with van der Waals surface area (Å²) >= 11 is 3.55. The number of fused-ring (bicyclic) bond motifs is 5. The van der Waals surface area contributed by atoms with Gasteiger partial charge >= 0.3 is 0 Å². The van der Waals surface area contributed by atoms with Crippen molar-refractivity contribution < 1.29 is 23.5 Å². The van der Waals surface area contributed by atoms with Gasteiger partial charge in [-0.1, -0.05) is 28.1 Å². The Balaban J connectivity index is 1.39. The summed E-state index contributed by atoms with van der Waals surface area (Å²) in [6.07, 6.45) is 1.77. The molecule has 0 unspecified atom stereocenters. The van der Waals surface area contributed by atoms with Crippen molar-refractivity contribution in [1.29, 1.82) is 0 Å². The minimum atomic E-state index is -0.305. The molecule has 0 aliphatic carbocycles. The zero-order valence-corrected chi connectivity index (χ0v) is 21.7. The number of pyridine rings is 1. The number of benzene rings is 3. The van der Waals surface area contributed by atoms with Crippen molar-refractivity contribution in [3.63, 3.8) is 0 Å². The predicted molar refractivity (Wildman–Crippen MR) is 146 cm³/mol. The van der Waals surface area contributed by atoms with Crippen LogP contribution in [0.4, 0.5) is 5.69 Å². The standard InChI is InChI=1S/C30H19BrN2O5/c1-33-22-11-16(6-8-25(22)37-15-26(33)34)29(35)30-27(21-12-19(31)7-9-24(21)38-30)17-10-18-14-36-23-5-3-2-4-20(23)28(18)32-13-17/h2-13H,14-15H2,1H3. The number of carbonyl (C=O) groups is 2. The maximum atomic E-state index is 13.9. The number of halogens is 1. The van der Waals surface area contributed by atoms with E-state index in [0.717, 1.165) is 38.0 Å². The number of ketones is 1. The van der Waals surface area contributed by atoms with E-state index in [1.807, 2.05) is 48.5 Å². The van der Waals surface area contributed by atoms with Crippen molar-refractivity contribution in [2.45, 2.75) is 6.61 Å². The van der Waals surface area contributed by atoms with Crippen LogP contribution in [0.25, 0.3) is 33.4 Å². The molecule has 8 heteroatoms. The lowest BCUT2D eigenvalue weighted by Gasteiger charge is -2.26. The predicted octanol–water partition coefficient (Wildman–Crippen LogP) is 6.40. The summed E-state index contributed by atoms with van der Waals surface area (Å²) in [5, 5.41) is 0.787. The fourth-order valence-corrected chi connectivity index (χ4v) is 5.37. The molecular formula is C30H19BrN2O5. The van der Waals surface area contributed by atoms with E-state index >= 15 is 0 Å². The minimum absolute atomic E-state index is 0.0289. The average molecular weight is 567 g/mol. The fourth-order valence-electron chi connectivity index (χ4n) is 5.00. The second-order valence-corrected chi connectivity index (χ2v) is 10.1. The molecule has 5 aromatic rings. The van der Waals surface area contributed by atoms with Crippen LogP contribution in [0.1, 0.15) is 21.7 Å². The van der Waals surface area contributed by atoms with Crippen molar-refractivity contribution in [3.8, 4) is 33.9 Å². The second kappa shape index (κ2) is 8.56. The Labute approximate surface area is 225 Å². The van der Waals surface area contributed by atoms with Crippen molar-refractivity contribution in [2.75, 3.05) is 18.6 Å². The average Bonchev–Trinajstić information content (AvgIpc) is 3.32. The Morgan fingerprint density at radius 1 is 0.974 bits per heavy atom. The number of nitrogens with zero attached hydrogens (tertiary/aromatic N) is 2. The summed E-state index contributed by atoms with van der Waals surface area (Å²) in [5.74, 6) is 1.06. The van der Waals surface area contributed by atoms with Gasteiger partial charge in [-0.15, -0.1) is 0 Å². The lowest BCUT2D eigenvalue weighted by Crippen LogP contribution is -2.35. The molecule has 0 bridgehead atoms. The quantitative estimate of drug-likeness (QED) is 0.235. The monoisotopic (exact) mass is 566 g/mol. The second-order valence-electron chi connectivity index (χ2n) is 9.22. The SMILES string of the molecule is CN1C(=O)COc2ccc(C(=O)c3oc4ccc(Br)cc4c3-c3cnc4c(c3)COc3ccccc3-4)cc21.